The van der Waals surface area contributed by atoms with E-state index in [0.717, 1.165) is 64.3 Å². The standard InChI is InChI=1S/C22H32N2O3.C2HF3O2/c1-26-20-6-4-18(5-7-20)16-23-12-8-22(9-13-23)15-19(17-27-22)14-21(25)24-10-2-3-11-24;3-2(4,5)1(6)7/h4-7,19H,2-3,8-17H2,1H3;(H,6,7). The SMILES string of the molecule is COc1ccc(CN2CCC3(CC2)CC(CC(=O)N2CCCC2)CO3)cc1.O=C(O)C(F)(F)F. The van der Waals surface area contributed by atoms with Gasteiger partial charge in [-0.25, -0.2) is 4.79 Å². The van der Waals surface area contributed by atoms with Gasteiger partial charge in [-0.3, -0.25) is 9.69 Å². The fourth-order valence-electron chi connectivity index (χ4n) is 4.87. The molecule has 0 radical (unpaired) electrons. The van der Waals surface area contributed by atoms with Crippen molar-refractivity contribution in [2.45, 2.75) is 56.8 Å². The first kappa shape index (κ1) is 26.3. The summed E-state index contributed by atoms with van der Waals surface area (Å²) in [5, 5.41) is 7.12. The van der Waals surface area contributed by atoms with E-state index in [9.17, 15) is 18.0 Å². The number of halogens is 3. The van der Waals surface area contributed by atoms with Crippen molar-refractivity contribution < 1.29 is 37.3 Å². The van der Waals surface area contributed by atoms with Crippen molar-refractivity contribution in [2.24, 2.45) is 5.92 Å². The number of methoxy groups -OCH3 is 1. The van der Waals surface area contributed by atoms with Crippen LogP contribution in [-0.4, -0.2) is 78.5 Å². The van der Waals surface area contributed by atoms with Gasteiger partial charge in [0, 0.05) is 39.1 Å². The number of hydrogen-bond donors (Lipinski definition) is 1. The number of rotatable bonds is 5. The zero-order valence-electron chi connectivity index (χ0n) is 19.5. The summed E-state index contributed by atoms with van der Waals surface area (Å²) < 4.78 is 43.2. The highest BCUT2D eigenvalue weighted by Crippen LogP contribution is 2.40. The van der Waals surface area contributed by atoms with Gasteiger partial charge in [-0.05, 0) is 55.7 Å². The molecular weight excluding hydrogens is 453 g/mol. The minimum Gasteiger partial charge on any atom is -0.497 e. The second kappa shape index (κ2) is 11.4. The summed E-state index contributed by atoms with van der Waals surface area (Å²) >= 11 is 0. The Bertz CT molecular complexity index is 817. The number of piperidine rings is 1. The van der Waals surface area contributed by atoms with Crippen LogP contribution >= 0.6 is 0 Å². The smallest absolute Gasteiger partial charge is 0.490 e. The highest BCUT2D eigenvalue weighted by molar-refractivity contribution is 5.76. The van der Waals surface area contributed by atoms with Crippen molar-refractivity contribution in [3.05, 3.63) is 29.8 Å². The Hall–Kier alpha value is -2.33. The second-order valence-corrected chi connectivity index (χ2v) is 9.28. The number of amides is 1. The summed E-state index contributed by atoms with van der Waals surface area (Å²) in [7, 11) is 1.70. The van der Waals surface area contributed by atoms with E-state index in [0.29, 0.717) is 18.2 Å². The van der Waals surface area contributed by atoms with Crippen LogP contribution in [0.15, 0.2) is 24.3 Å². The minimum atomic E-state index is -5.08. The number of alkyl halides is 3. The summed E-state index contributed by atoms with van der Waals surface area (Å²) in [5.74, 6) is -1.10. The summed E-state index contributed by atoms with van der Waals surface area (Å²) in [6, 6.07) is 8.36. The van der Waals surface area contributed by atoms with Crippen molar-refractivity contribution in [3.63, 3.8) is 0 Å². The van der Waals surface area contributed by atoms with Crippen LogP contribution in [0.1, 0.15) is 44.1 Å². The average Bonchev–Trinajstić information content (AvgIpc) is 3.47. The van der Waals surface area contributed by atoms with E-state index in [-0.39, 0.29) is 5.60 Å². The Morgan fingerprint density at radius 2 is 1.71 bits per heavy atom. The summed E-state index contributed by atoms with van der Waals surface area (Å²) in [4.78, 5) is 25.9. The molecule has 0 bridgehead atoms. The van der Waals surface area contributed by atoms with E-state index in [1.165, 1.54) is 18.4 Å². The third-order valence-corrected chi connectivity index (χ3v) is 6.78. The number of nitrogens with zero attached hydrogens (tertiary/aromatic N) is 2. The Labute approximate surface area is 197 Å². The second-order valence-electron chi connectivity index (χ2n) is 9.28. The molecule has 190 valence electrons. The van der Waals surface area contributed by atoms with Crippen LogP contribution in [0.25, 0.3) is 0 Å². The van der Waals surface area contributed by atoms with Crippen molar-refractivity contribution in [3.8, 4) is 5.75 Å². The van der Waals surface area contributed by atoms with Gasteiger partial charge in [-0.15, -0.1) is 0 Å². The van der Waals surface area contributed by atoms with E-state index in [1.807, 2.05) is 17.0 Å². The molecule has 7 nitrogen and oxygen atoms in total. The lowest BCUT2D eigenvalue weighted by Crippen LogP contribution is -2.43. The maximum Gasteiger partial charge on any atom is 0.490 e. The predicted octanol–water partition coefficient (Wildman–Crippen LogP) is 3.71. The fourth-order valence-corrected chi connectivity index (χ4v) is 4.87. The van der Waals surface area contributed by atoms with Crippen molar-refractivity contribution >= 4 is 11.9 Å². The Balaban J connectivity index is 0.000000406. The fraction of sp³-hybridized carbons (Fsp3) is 0.667. The normalized spacial score (nSPS) is 22.4. The number of carbonyl (C=O) groups is 2. The van der Waals surface area contributed by atoms with Crippen LogP contribution in [0.3, 0.4) is 0 Å². The molecule has 34 heavy (non-hydrogen) atoms. The Kier molecular flexibility index (Phi) is 8.81. The minimum absolute atomic E-state index is 0.0202. The van der Waals surface area contributed by atoms with E-state index in [1.54, 1.807) is 7.11 Å². The molecule has 3 aliphatic rings. The molecule has 1 N–H and O–H groups in total. The first-order valence-electron chi connectivity index (χ1n) is 11.7. The van der Waals surface area contributed by atoms with Gasteiger partial charge in [-0.1, -0.05) is 12.1 Å². The number of benzene rings is 1. The molecule has 0 aliphatic carbocycles. The number of likely N-dealkylation sites (tertiary alicyclic amines) is 2. The zero-order chi connectivity index (χ0) is 24.8. The number of aliphatic carboxylic acids is 1. The van der Waals surface area contributed by atoms with Gasteiger partial charge in [0.25, 0.3) is 0 Å². The molecule has 1 spiro atoms. The first-order chi connectivity index (χ1) is 16.1. The number of hydrogen-bond acceptors (Lipinski definition) is 5. The van der Waals surface area contributed by atoms with Crippen LogP contribution in [0, 0.1) is 5.92 Å². The van der Waals surface area contributed by atoms with Crippen molar-refractivity contribution in [1.29, 1.82) is 0 Å². The zero-order valence-corrected chi connectivity index (χ0v) is 19.5. The van der Waals surface area contributed by atoms with Crippen molar-refractivity contribution in [1.82, 2.24) is 9.80 Å². The van der Waals surface area contributed by atoms with Gasteiger partial charge < -0.3 is 19.5 Å². The van der Waals surface area contributed by atoms with Crippen molar-refractivity contribution in [2.75, 3.05) is 39.9 Å². The number of carboxylic acid groups (broad SMARTS) is 1. The first-order valence-corrected chi connectivity index (χ1v) is 11.7. The van der Waals surface area contributed by atoms with E-state index in [2.05, 4.69) is 17.0 Å². The molecule has 1 unspecified atom stereocenters. The maximum atomic E-state index is 12.4. The quantitative estimate of drug-likeness (QED) is 0.684. The summed E-state index contributed by atoms with van der Waals surface area (Å²) in [5.41, 5.74) is 1.35. The molecular formula is C24H33F3N2O5. The van der Waals surface area contributed by atoms with Gasteiger partial charge >= 0.3 is 12.1 Å². The number of carbonyl (C=O) groups excluding carboxylic acids is 1. The lowest BCUT2D eigenvalue weighted by atomic mass is 9.84. The molecule has 1 aromatic carbocycles. The highest BCUT2D eigenvalue weighted by atomic mass is 19.4. The lowest BCUT2D eigenvalue weighted by molar-refractivity contribution is -0.192. The molecule has 3 saturated heterocycles. The van der Waals surface area contributed by atoms with Gasteiger partial charge in [0.2, 0.25) is 5.91 Å². The monoisotopic (exact) mass is 486 g/mol. The van der Waals surface area contributed by atoms with Crippen LogP contribution in [0.2, 0.25) is 0 Å². The Morgan fingerprint density at radius 1 is 1.12 bits per heavy atom. The molecule has 3 heterocycles. The molecule has 1 aromatic rings. The number of ether oxygens (including phenoxy) is 2. The molecule has 0 aromatic heterocycles. The van der Waals surface area contributed by atoms with Crippen LogP contribution in [0.4, 0.5) is 13.2 Å². The molecule has 1 amide bonds. The molecule has 0 saturated carbocycles. The third-order valence-electron chi connectivity index (χ3n) is 6.78. The van der Waals surface area contributed by atoms with Gasteiger partial charge in [-0.2, -0.15) is 13.2 Å². The van der Waals surface area contributed by atoms with E-state index < -0.39 is 12.1 Å². The van der Waals surface area contributed by atoms with E-state index in [4.69, 9.17) is 19.4 Å². The van der Waals surface area contributed by atoms with Crippen LogP contribution < -0.4 is 4.74 Å². The lowest BCUT2D eigenvalue weighted by Gasteiger charge is -2.38. The molecule has 3 aliphatic heterocycles. The number of carboxylic acids is 1. The maximum absolute atomic E-state index is 12.4. The summed E-state index contributed by atoms with van der Waals surface area (Å²) in [6.07, 6.45) is 1.15. The predicted molar refractivity (Wildman–Crippen MR) is 118 cm³/mol. The largest absolute Gasteiger partial charge is 0.497 e. The van der Waals surface area contributed by atoms with Gasteiger partial charge in [0.15, 0.2) is 0 Å². The average molecular weight is 487 g/mol. The topological polar surface area (TPSA) is 79.3 Å². The van der Waals surface area contributed by atoms with Crippen LogP contribution in [0.5, 0.6) is 5.75 Å². The molecule has 4 rings (SSSR count). The highest BCUT2D eigenvalue weighted by Gasteiger charge is 2.43. The summed E-state index contributed by atoms with van der Waals surface area (Å²) in [6.45, 7) is 5.79. The third kappa shape index (κ3) is 7.33. The van der Waals surface area contributed by atoms with E-state index >= 15 is 0 Å². The van der Waals surface area contributed by atoms with Crippen LogP contribution in [-0.2, 0) is 20.9 Å². The van der Waals surface area contributed by atoms with Gasteiger partial charge in [0.1, 0.15) is 5.75 Å². The molecule has 10 heteroatoms. The van der Waals surface area contributed by atoms with Gasteiger partial charge in [0.05, 0.1) is 19.3 Å². The molecule has 3 fully saturated rings. The molecule has 1 atom stereocenters. The Morgan fingerprint density at radius 3 is 2.24 bits per heavy atom.